The Balaban J connectivity index is 2.04. The molecule has 0 fully saturated rings. The number of hydrogen-bond acceptors (Lipinski definition) is 3. The Kier molecular flexibility index (Phi) is 8.10. The second-order valence-corrected chi connectivity index (χ2v) is 12.3. The number of carbonyl (C=O) groups is 1. The molecule has 0 atom stereocenters. The van der Waals surface area contributed by atoms with E-state index in [-0.39, 0.29) is 5.56 Å². The fraction of sp³-hybridized carbons (Fsp3) is 0.286. The van der Waals surface area contributed by atoms with Gasteiger partial charge in [-0.3, -0.25) is 0 Å². The molecule has 4 aromatic carbocycles. The van der Waals surface area contributed by atoms with Gasteiger partial charge in [0.2, 0.25) is 0 Å². The highest BCUT2D eigenvalue weighted by Crippen LogP contribution is 2.58. The standard InChI is InChI=1S/C35H36Br2N2O2/c1-5-20-11-26(13-24(17-36)32(20)38)35(27-12-21(6-2)33(39)25(14-27)18-37)30-10-8-23(34(40)41)15-29(30)28-9-7-22(19(3)4)16-31(28)35/h7-16,19H,5-6,17-18,38-39H2,1-4H3,(H,40,41). The van der Waals surface area contributed by atoms with Crippen LogP contribution in [0.15, 0.2) is 60.7 Å². The van der Waals surface area contributed by atoms with Crippen LogP contribution in [0.2, 0.25) is 0 Å². The zero-order valence-corrected chi connectivity index (χ0v) is 27.1. The summed E-state index contributed by atoms with van der Waals surface area (Å²) in [6.45, 7) is 8.68. The van der Waals surface area contributed by atoms with Crippen molar-refractivity contribution in [1.29, 1.82) is 0 Å². The normalized spacial score (nSPS) is 13.3. The van der Waals surface area contributed by atoms with E-state index in [1.54, 1.807) is 6.07 Å². The van der Waals surface area contributed by atoms with Crippen LogP contribution in [0.4, 0.5) is 11.4 Å². The highest BCUT2D eigenvalue weighted by atomic mass is 79.9. The van der Waals surface area contributed by atoms with Crippen molar-refractivity contribution in [3.63, 3.8) is 0 Å². The molecule has 5 rings (SSSR count). The SMILES string of the molecule is CCc1cc(C2(c3cc(CC)c(N)c(CBr)c3)c3ccc(C(=O)O)cc3-c3ccc(C(C)C)cc32)cc(CBr)c1N. The summed E-state index contributed by atoms with van der Waals surface area (Å²) in [7, 11) is 0. The molecule has 1 aliphatic rings. The molecule has 0 saturated heterocycles. The maximum absolute atomic E-state index is 12.1. The van der Waals surface area contributed by atoms with Gasteiger partial charge in [-0.1, -0.05) is 108 Å². The summed E-state index contributed by atoms with van der Waals surface area (Å²) in [6.07, 6.45) is 1.60. The van der Waals surface area contributed by atoms with Gasteiger partial charge in [0.1, 0.15) is 0 Å². The minimum atomic E-state index is -0.935. The van der Waals surface area contributed by atoms with E-state index in [4.69, 9.17) is 11.5 Å². The summed E-state index contributed by atoms with van der Waals surface area (Å²) in [5.74, 6) is -0.613. The van der Waals surface area contributed by atoms with Crippen LogP contribution in [0.3, 0.4) is 0 Å². The molecule has 6 heteroatoms. The smallest absolute Gasteiger partial charge is 0.335 e. The molecule has 0 amide bonds. The lowest BCUT2D eigenvalue weighted by Crippen LogP contribution is -2.30. The van der Waals surface area contributed by atoms with E-state index in [0.29, 0.717) is 16.6 Å². The van der Waals surface area contributed by atoms with E-state index in [1.165, 1.54) is 5.56 Å². The van der Waals surface area contributed by atoms with Gasteiger partial charge >= 0.3 is 5.97 Å². The summed E-state index contributed by atoms with van der Waals surface area (Å²) in [5, 5.41) is 11.2. The van der Waals surface area contributed by atoms with Gasteiger partial charge in [-0.05, 0) is 92.1 Å². The van der Waals surface area contributed by atoms with E-state index >= 15 is 0 Å². The van der Waals surface area contributed by atoms with Gasteiger partial charge in [0, 0.05) is 22.0 Å². The van der Waals surface area contributed by atoms with Gasteiger partial charge in [-0.2, -0.15) is 0 Å². The topological polar surface area (TPSA) is 89.3 Å². The van der Waals surface area contributed by atoms with Crippen LogP contribution < -0.4 is 11.5 Å². The number of hydrogen-bond donors (Lipinski definition) is 3. The summed E-state index contributed by atoms with van der Waals surface area (Å²) in [6, 6.07) is 21.2. The molecular weight excluding hydrogens is 640 g/mol. The molecule has 0 saturated carbocycles. The lowest BCUT2D eigenvalue weighted by molar-refractivity contribution is 0.0697. The first-order valence-electron chi connectivity index (χ1n) is 14.1. The second-order valence-electron chi connectivity index (χ2n) is 11.2. The molecule has 41 heavy (non-hydrogen) atoms. The van der Waals surface area contributed by atoms with Crippen molar-refractivity contribution < 1.29 is 9.90 Å². The number of anilines is 2. The van der Waals surface area contributed by atoms with Crippen LogP contribution in [0.5, 0.6) is 0 Å². The third-order valence-electron chi connectivity index (χ3n) is 8.69. The van der Waals surface area contributed by atoms with E-state index in [0.717, 1.165) is 79.9 Å². The lowest BCUT2D eigenvalue weighted by Gasteiger charge is -2.36. The fourth-order valence-corrected chi connectivity index (χ4v) is 7.35. The van der Waals surface area contributed by atoms with Crippen LogP contribution in [-0.2, 0) is 28.9 Å². The van der Waals surface area contributed by atoms with Crippen LogP contribution in [0.25, 0.3) is 11.1 Å². The highest BCUT2D eigenvalue weighted by Gasteiger charge is 2.47. The van der Waals surface area contributed by atoms with Gasteiger partial charge < -0.3 is 16.6 Å². The van der Waals surface area contributed by atoms with Crippen molar-refractivity contribution in [2.24, 2.45) is 0 Å². The van der Waals surface area contributed by atoms with Crippen molar-refractivity contribution in [2.75, 3.05) is 11.5 Å². The molecule has 0 radical (unpaired) electrons. The molecule has 1 aliphatic carbocycles. The van der Waals surface area contributed by atoms with Crippen molar-refractivity contribution >= 4 is 49.2 Å². The quantitative estimate of drug-likeness (QED) is 0.113. The summed E-state index contributed by atoms with van der Waals surface area (Å²) in [5.41, 5.74) is 26.5. The van der Waals surface area contributed by atoms with Crippen molar-refractivity contribution in [3.8, 4) is 11.1 Å². The predicted molar refractivity (Wildman–Crippen MR) is 178 cm³/mol. The monoisotopic (exact) mass is 674 g/mol. The largest absolute Gasteiger partial charge is 0.478 e. The Labute approximate surface area is 259 Å². The number of aryl methyl sites for hydroxylation is 2. The maximum Gasteiger partial charge on any atom is 0.335 e. The van der Waals surface area contributed by atoms with Crippen LogP contribution in [0.1, 0.15) is 94.0 Å². The Bertz CT molecular complexity index is 1560. The molecule has 4 nitrogen and oxygen atoms in total. The van der Waals surface area contributed by atoms with Crippen molar-refractivity contribution in [1.82, 2.24) is 0 Å². The molecule has 0 aromatic heterocycles. The second kappa shape index (κ2) is 11.3. The molecule has 212 valence electrons. The average molecular weight is 676 g/mol. The Morgan fingerprint density at radius 3 is 1.76 bits per heavy atom. The number of halogens is 2. The van der Waals surface area contributed by atoms with E-state index in [2.05, 4.69) is 102 Å². The van der Waals surface area contributed by atoms with Crippen LogP contribution >= 0.6 is 31.9 Å². The number of benzene rings is 4. The van der Waals surface area contributed by atoms with E-state index in [9.17, 15) is 9.90 Å². The van der Waals surface area contributed by atoms with Gasteiger partial charge in [0.05, 0.1) is 11.0 Å². The Morgan fingerprint density at radius 1 is 0.756 bits per heavy atom. The molecule has 0 heterocycles. The molecule has 0 bridgehead atoms. The Morgan fingerprint density at radius 2 is 1.29 bits per heavy atom. The molecule has 4 aromatic rings. The molecule has 0 unspecified atom stereocenters. The number of carboxylic acid groups (broad SMARTS) is 1. The summed E-state index contributed by atoms with van der Waals surface area (Å²) in [4.78, 5) is 12.1. The number of aromatic carboxylic acids is 1. The summed E-state index contributed by atoms with van der Waals surface area (Å²) < 4.78 is 0. The summed E-state index contributed by atoms with van der Waals surface area (Å²) >= 11 is 7.39. The first kappa shape index (κ1) is 29.4. The first-order chi connectivity index (χ1) is 19.6. The highest BCUT2D eigenvalue weighted by molar-refractivity contribution is 9.08. The average Bonchev–Trinajstić information content (AvgIpc) is 3.27. The van der Waals surface area contributed by atoms with Crippen molar-refractivity contribution in [2.45, 2.75) is 62.5 Å². The van der Waals surface area contributed by atoms with Gasteiger partial charge in [0.15, 0.2) is 0 Å². The van der Waals surface area contributed by atoms with Crippen molar-refractivity contribution in [3.05, 3.63) is 116 Å². The molecule has 0 spiro atoms. The van der Waals surface area contributed by atoms with Crippen LogP contribution in [-0.4, -0.2) is 11.1 Å². The maximum atomic E-state index is 12.1. The first-order valence-corrected chi connectivity index (χ1v) is 16.3. The number of carboxylic acids is 1. The molecular formula is C35H36Br2N2O2. The zero-order valence-electron chi connectivity index (χ0n) is 23.9. The van der Waals surface area contributed by atoms with Gasteiger partial charge in [-0.25, -0.2) is 4.79 Å². The Hall–Kier alpha value is -3.09. The van der Waals surface area contributed by atoms with E-state index in [1.807, 2.05) is 12.1 Å². The molecule has 5 N–H and O–H groups in total. The number of rotatable bonds is 8. The fourth-order valence-electron chi connectivity index (χ4n) is 6.42. The lowest BCUT2D eigenvalue weighted by atomic mass is 9.66. The van der Waals surface area contributed by atoms with E-state index < -0.39 is 11.4 Å². The van der Waals surface area contributed by atoms with Gasteiger partial charge in [0.25, 0.3) is 0 Å². The van der Waals surface area contributed by atoms with Crippen LogP contribution in [0, 0.1) is 0 Å². The minimum absolute atomic E-state index is 0.277. The number of nitrogen functional groups attached to an aromatic ring is 2. The minimum Gasteiger partial charge on any atom is -0.478 e. The number of fused-ring (bicyclic) bond motifs is 3. The predicted octanol–water partition coefficient (Wildman–Crippen LogP) is 8.95. The third kappa shape index (κ3) is 4.60. The number of nitrogens with two attached hydrogens (primary N) is 2. The number of alkyl halides is 2. The van der Waals surface area contributed by atoms with Gasteiger partial charge in [-0.15, -0.1) is 0 Å². The molecule has 0 aliphatic heterocycles. The zero-order chi connectivity index (χ0) is 29.6. The third-order valence-corrected chi connectivity index (χ3v) is 9.90.